The Bertz CT molecular complexity index is 668. The molecule has 1 fully saturated rings. The lowest BCUT2D eigenvalue weighted by molar-refractivity contribution is 0.0244. The Hall–Kier alpha value is -2.21. The van der Waals surface area contributed by atoms with E-state index >= 15 is 0 Å². The van der Waals surface area contributed by atoms with Gasteiger partial charge in [-0.25, -0.2) is 4.39 Å². The fourth-order valence-electron chi connectivity index (χ4n) is 2.93. The molecule has 1 aliphatic rings. The normalized spacial score (nSPS) is 18.2. The van der Waals surface area contributed by atoms with Crippen LogP contribution in [-0.2, 0) is 4.74 Å². The van der Waals surface area contributed by atoms with Gasteiger partial charge in [-0.3, -0.25) is 0 Å². The van der Waals surface area contributed by atoms with Crippen LogP contribution in [0, 0.1) is 13.8 Å². The molecule has 1 unspecified atom stereocenters. The highest BCUT2D eigenvalue weighted by Crippen LogP contribution is 2.32. The predicted octanol–water partition coefficient (Wildman–Crippen LogP) is 2.64. The standard InChI is InChI=1S/C17H20FN3O2/c1-11-7-12(2)17(15(22)8-11)14-3-4-16(20-19-14)21-5-6-23-13(9-18)10-21/h3-4,7-8,13,22H,5-6,9-10H2,1-2H3. The van der Waals surface area contributed by atoms with Crippen LogP contribution in [0.2, 0.25) is 0 Å². The molecule has 6 heteroatoms. The van der Waals surface area contributed by atoms with Crippen molar-refractivity contribution in [3.8, 4) is 17.0 Å². The van der Waals surface area contributed by atoms with Crippen LogP contribution in [0.15, 0.2) is 24.3 Å². The molecule has 3 rings (SSSR count). The molecule has 1 atom stereocenters. The lowest BCUT2D eigenvalue weighted by Crippen LogP contribution is -2.43. The average molecular weight is 317 g/mol. The summed E-state index contributed by atoms with van der Waals surface area (Å²) in [6.45, 7) is 4.99. The first kappa shape index (κ1) is 15.7. The van der Waals surface area contributed by atoms with Gasteiger partial charge in [0.05, 0.1) is 12.3 Å². The third kappa shape index (κ3) is 3.27. The van der Waals surface area contributed by atoms with Gasteiger partial charge in [-0.1, -0.05) is 6.07 Å². The zero-order valence-electron chi connectivity index (χ0n) is 13.3. The molecule has 2 aromatic rings. The van der Waals surface area contributed by atoms with Gasteiger partial charge in [0, 0.05) is 18.7 Å². The molecular weight excluding hydrogens is 297 g/mol. The Labute approximate surface area is 134 Å². The molecule has 5 nitrogen and oxygen atoms in total. The van der Waals surface area contributed by atoms with Crippen LogP contribution in [0.4, 0.5) is 10.2 Å². The van der Waals surface area contributed by atoms with E-state index in [1.54, 1.807) is 6.07 Å². The van der Waals surface area contributed by atoms with E-state index in [9.17, 15) is 9.50 Å². The Balaban J connectivity index is 1.85. The van der Waals surface area contributed by atoms with E-state index in [2.05, 4.69) is 10.2 Å². The van der Waals surface area contributed by atoms with Gasteiger partial charge in [0.2, 0.25) is 0 Å². The highest BCUT2D eigenvalue weighted by atomic mass is 19.1. The lowest BCUT2D eigenvalue weighted by Gasteiger charge is -2.32. The third-order valence-electron chi connectivity index (χ3n) is 4.00. The molecule has 2 heterocycles. The highest BCUT2D eigenvalue weighted by Gasteiger charge is 2.22. The van der Waals surface area contributed by atoms with Crippen molar-refractivity contribution in [2.24, 2.45) is 0 Å². The van der Waals surface area contributed by atoms with E-state index in [0.29, 0.717) is 36.8 Å². The molecule has 23 heavy (non-hydrogen) atoms. The largest absolute Gasteiger partial charge is 0.507 e. The number of halogens is 1. The summed E-state index contributed by atoms with van der Waals surface area (Å²) in [6, 6.07) is 7.39. The number of aromatic hydroxyl groups is 1. The van der Waals surface area contributed by atoms with Crippen LogP contribution in [0.5, 0.6) is 5.75 Å². The van der Waals surface area contributed by atoms with Crippen molar-refractivity contribution >= 4 is 5.82 Å². The molecule has 1 aromatic carbocycles. The second kappa shape index (κ2) is 6.50. The van der Waals surface area contributed by atoms with Gasteiger partial charge >= 0.3 is 0 Å². The van der Waals surface area contributed by atoms with E-state index in [1.165, 1.54) is 0 Å². The van der Waals surface area contributed by atoms with Crippen LogP contribution < -0.4 is 4.90 Å². The first-order valence-corrected chi connectivity index (χ1v) is 7.65. The Morgan fingerprint density at radius 3 is 2.78 bits per heavy atom. The number of hydrogen-bond acceptors (Lipinski definition) is 5. The van der Waals surface area contributed by atoms with Gasteiger partial charge in [-0.15, -0.1) is 10.2 Å². The topological polar surface area (TPSA) is 58.5 Å². The molecule has 122 valence electrons. The summed E-state index contributed by atoms with van der Waals surface area (Å²) in [7, 11) is 0. The quantitative estimate of drug-likeness (QED) is 0.943. The number of alkyl halides is 1. The number of aromatic nitrogens is 2. The van der Waals surface area contributed by atoms with Crippen LogP contribution in [-0.4, -0.2) is 47.8 Å². The van der Waals surface area contributed by atoms with Crippen molar-refractivity contribution in [1.29, 1.82) is 0 Å². The first-order valence-electron chi connectivity index (χ1n) is 7.65. The minimum Gasteiger partial charge on any atom is -0.507 e. The number of phenols is 1. The van der Waals surface area contributed by atoms with E-state index in [0.717, 1.165) is 11.1 Å². The predicted molar refractivity (Wildman–Crippen MR) is 86.5 cm³/mol. The number of aryl methyl sites for hydroxylation is 2. The van der Waals surface area contributed by atoms with E-state index in [-0.39, 0.29) is 5.75 Å². The third-order valence-corrected chi connectivity index (χ3v) is 4.00. The molecule has 0 aliphatic carbocycles. The average Bonchev–Trinajstić information content (AvgIpc) is 2.54. The molecular formula is C17H20FN3O2. The molecule has 0 saturated carbocycles. The number of rotatable bonds is 3. The summed E-state index contributed by atoms with van der Waals surface area (Å²) in [5.41, 5.74) is 3.27. The van der Waals surface area contributed by atoms with Crippen molar-refractivity contribution in [1.82, 2.24) is 10.2 Å². The SMILES string of the molecule is Cc1cc(C)c(-c2ccc(N3CCOC(CF)C3)nn2)c(O)c1. The Morgan fingerprint density at radius 2 is 2.13 bits per heavy atom. The Kier molecular flexibility index (Phi) is 4.43. The summed E-state index contributed by atoms with van der Waals surface area (Å²) < 4.78 is 18.1. The van der Waals surface area contributed by atoms with Gasteiger partial charge in [0.1, 0.15) is 18.5 Å². The molecule has 0 radical (unpaired) electrons. The number of morpholine rings is 1. The van der Waals surface area contributed by atoms with Gasteiger partial charge in [-0.2, -0.15) is 0 Å². The number of hydrogen-bond donors (Lipinski definition) is 1. The second-order valence-electron chi connectivity index (χ2n) is 5.85. The maximum Gasteiger partial charge on any atom is 0.151 e. The maximum absolute atomic E-state index is 12.8. The summed E-state index contributed by atoms with van der Waals surface area (Å²) >= 11 is 0. The van der Waals surface area contributed by atoms with Crippen molar-refractivity contribution in [2.45, 2.75) is 20.0 Å². The smallest absolute Gasteiger partial charge is 0.151 e. The van der Waals surface area contributed by atoms with Gasteiger partial charge < -0.3 is 14.7 Å². The fraction of sp³-hybridized carbons (Fsp3) is 0.412. The zero-order valence-corrected chi connectivity index (χ0v) is 13.3. The number of benzene rings is 1. The van der Waals surface area contributed by atoms with Crippen LogP contribution in [0.25, 0.3) is 11.3 Å². The molecule has 0 amide bonds. The van der Waals surface area contributed by atoms with Gasteiger partial charge in [0.25, 0.3) is 0 Å². The number of ether oxygens (including phenoxy) is 1. The number of phenolic OH excluding ortho intramolecular Hbond substituents is 1. The summed E-state index contributed by atoms with van der Waals surface area (Å²) in [6.07, 6.45) is -0.409. The maximum atomic E-state index is 12.8. The summed E-state index contributed by atoms with van der Waals surface area (Å²) in [5.74, 6) is 0.896. The number of anilines is 1. The van der Waals surface area contributed by atoms with Crippen molar-refractivity contribution in [3.63, 3.8) is 0 Å². The van der Waals surface area contributed by atoms with Gasteiger partial charge in [-0.05, 0) is 43.2 Å². The molecule has 1 saturated heterocycles. The summed E-state index contributed by atoms with van der Waals surface area (Å²) in [5, 5.41) is 18.7. The van der Waals surface area contributed by atoms with Crippen molar-refractivity contribution < 1.29 is 14.2 Å². The minimum atomic E-state index is -0.502. The Morgan fingerprint density at radius 1 is 1.30 bits per heavy atom. The zero-order chi connectivity index (χ0) is 16.4. The molecule has 0 spiro atoms. The number of nitrogens with zero attached hydrogens (tertiary/aromatic N) is 3. The summed E-state index contributed by atoms with van der Waals surface area (Å²) in [4.78, 5) is 1.96. The second-order valence-corrected chi connectivity index (χ2v) is 5.85. The highest BCUT2D eigenvalue weighted by molar-refractivity contribution is 5.71. The minimum absolute atomic E-state index is 0.202. The van der Waals surface area contributed by atoms with Crippen LogP contribution in [0.3, 0.4) is 0 Å². The van der Waals surface area contributed by atoms with Gasteiger partial charge in [0.15, 0.2) is 5.82 Å². The van der Waals surface area contributed by atoms with Crippen LogP contribution in [0.1, 0.15) is 11.1 Å². The molecule has 1 N–H and O–H groups in total. The van der Waals surface area contributed by atoms with E-state index in [1.807, 2.05) is 36.9 Å². The van der Waals surface area contributed by atoms with E-state index in [4.69, 9.17) is 4.74 Å². The molecule has 1 aromatic heterocycles. The van der Waals surface area contributed by atoms with Crippen LogP contribution >= 0.6 is 0 Å². The monoisotopic (exact) mass is 317 g/mol. The van der Waals surface area contributed by atoms with Crippen molar-refractivity contribution in [3.05, 3.63) is 35.4 Å². The molecule has 0 bridgehead atoms. The lowest BCUT2D eigenvalue weighted by atomic mass is 10.0. The van der Waals surface area contributed by atoms with Crippen molar-refractivity contribution in [2.75, 3.05) is 31.3 Å². The first-order chi connectivity index (χ1) is 11.1. The molecule has 1 aliphatic heterocycles. The fourth-order valence-corrected chi connectivity index (χ4v) is 2.93. The van der Waals surface area contributed by atoms with E-state index < -0.39 is 12.8 Å².